The first-order chi connectivity index (χ1) is 11.8. The van der Waals surface area contributed by atoms with Crippen LogP contribution in [-0.4, -0.2) is 24.4 Å². The van der Waals surface area contributed by atoms with Gasteiger partial charge in [0.15, 0.2) is 5.78 Å². The van der Waals surface area contributed by atoms with E-state index in [-0.39, 0.29) is 11.9 Å². The third kappa shape index (κ3) is 10.1. The van der Waals surface area contributed by atoms with Crippen molar-refractivity contribution in [1.82, 2.24) is 0 Å². The zero-order chi connectivity index (χ0) is 17.5. The van der Waals surface area contributed by atoms with Gasteiger partial charge in [0, 0.05) is 17.9 Å². The van der Waals surface area contributed by atoms with E-state index in [0.29, 0.717) is 18.9 Å². The van der Waals surface area contributed by atoms with Crippen molar-refractivity contribution in [2.75, 3.05) is 12.5 Å². The van der Waals surface area contributed by atoms with Gasteiger partial charge in [-0.1, -0.05) is 82.2 Å². The molecule has 1 aromatic rings. The summed E-state index contributed by atoms with van der Waals surface area (Å²) < 4.78 is 5.84. The average Bonchev–Trinajstić information content (AvgIpc) is 2.63. The Morgan fingerprint density at radius 1 is 1.00 bits per heavy atom. The second kappa shape index (κ2) is 14.5. The first-order valence-electron chi connectivity index (χ1n) is 9.53. The van der Waals surface area contributed by atoms with Gasteiger partial charge in [-0.15, -0.1) is 11.6 Å². The summed E-state index contributed by atoms with van der Waals surface area (Å²) in [5.41, 5.74) is 0.796. The summed E-state index contributed by atoms with van der Waals surface area (Å²) in [4.78, 5) is 12.2. The van der Waals surface area contributed by atoms with Gasteiger partial charge in [0.05, 0.1) is 12.7 Å². The molecule has 1 unspecified atom stereocenters. The molecule has 1 aromatic carbocycles. The van der Waals surface area contributed by atoms with Gasteiger partial charge in [0.2, 0.25) is 0 Å². The molecule has 0 amide bonds. The fraction of sp³-hybridized carbons (Fsp3) is 0.667. The van der Waals surface area contributed by atoms with Gasteiger partial charge in [0.1, 0.15) is 0 Å². The Labute approximate surface area is 152 Å². The van der Waals surface area contributed by atoms with E-state index in [1.165, 1.54) is 44.9 Å². The topological polar surface area (TPSA) is 26.3 Å². The largest absolute Gasteiger partial charge is 0.377 e. The first-order valence-corrected chi connectivity index (χ1v) is 10.1. The number of benzene rings is 1. The van der Waals surface area contributed by atoms with Crippen LogP contribution >= 0.6 is 11.6 Å². The zero-order valence-electron chi connectivity index (χ0n) is 15.1. The highest BCUT2D eigenvalue weighted by Gasteiger charge is 2.13. The molecule has 0 heterocycles. The molecule has 1 atom stereocenters. The Kier molecular flexibility index (Phi) is 12.8. The summed E-state index contributed by atoms with van der Waals surface area (Å²) in [6.45, 7) is 2.82. The van der Waals surface area contributed by atoms with Gasteiger partial charge in [-0.2, -0.15) is 0 Å². The quantitative estimate of drug-likeness (QED) is 0.207. The molecule has 0 aliphatic rings. The van der Waals surface area contributed by atoms with E-state index in [4.69, 9.17) is 16.3 Å². The predicted octanol–water partition coefficient (Wildman–Crippen LogP) is 6.41. The third-order valence-electron chi connectivity index (χ3n) is 4.35. The molecule has 0 bridgehead atoms. The number of hydrogen-bond donors (Lipinski definition) is 0. The van der Waals surface area contributed by atoms with Crippen LogP contribution in [0.5, 0.6) is 0 Å². The molecule has 0 spiro atoms. The fourth-order valence-electron chi connectivity index (χ4n) is 2.91. The van der Waals surface area contributed by atoms with Crippen LogP contribution in [0.3, 0.4) is 0 Å². The molecular formula is C21H33ClO2. The molecule has 2 nitrogen and oxygen atoms in total. The van der Waals surface area contributed by atoms with Crippen molar-refractivity contribution in [1.29, 1.82) is 0 Å². The fourth-order valence-corrected chi connectivity index (χ4v) is 3.00. The number of carbonyl (C=O) groups is 1. The Hall–Kier alpha value is -0.860. The maximum absolute atomic E-state index is 12.2. The van der Waals surface area contributed by atoms with E-state index in [0.717, 1.165) is 18.4 Å². The zero-order valence-corrected chi connectivity index (χ0v) is 15.9. The monoisotopic (exact) mass is 352 g/mol. The highest BCUT2D eigenvalue weighted by molar-refractivity contribution is 6.17. The van der Waals surface area contributed by atoms with Crippen molar-refractivity contribution in [2.24, 2.45) is 0 Å². The number of alkyl halides is 1. The molecule has 0 N–H and O–H groups in total. The van der Waals surface area contributed by atoms with Crippen LogP contribution in [0.4, 0.5) is 0 Å². The maximum atomic E-state index is 12.2. The normalized spacial score (nSPS) is 12.2. The minimum Gasteiger partial charge on any atom is -0.377 e. The molecule has 0 fully saturated rings. The van der Waals surface area contributed by atoms with Crippen LogP contribution < -0.4 is 0 Å². The van der Waals surface area contributed by atoms with Crippen molar-refractivity contribution >= 4 is 17.4 Å². The molecule has 24 heavy (non-hydrogen) atoms. The molecule has 0 saturated heterocycles. The number of ketones is 1. The summed E-state index contributed by atoms with van der Waals surface area (Å²) in [6, 6.07) is 9.52. The summed E-state index contributed by atoms with van der Waals surface area (Å²) in [5.74, 6) is 0.717. The number of rotatable bonds is 15. The summed E-state index contributed by atoms with van der Waals surface area (Å²) in [5, 5.41) is 0. The van der Waals surface area contributed by atoms with Crippen LogP contribution in [0.2, 0.25) is 0 Å². The van der Waals surface area contributed by atoms with E-state index in [1.54, 1.807) is 0 Å². The van der Waals surface area contributed by atoms with Gasteiger partial charge in [-0.3, -0.25) is 4.79 Å². The minimum absolute atomic E-state index is 0.159. The molecule has 0 aliphatic carbocycles. The molecule has 0 aliphatic heterocycles. The van der Waals surface area contributed by atoms with Crippen molar-refractivity contribution in [2.45, 2.75) is 77.2 Å². The number of ether oxygens (including phenoxy) is 1. The van der Waals surface area contributed by atoms with Crippen molar-refractivity contribution in [3.05, 3.63) is 35.9 Å². The molecule has 1 rings (SSSR count). The van der Waals surface area contributed by atoms with E-state index < -0.39 is 0 Å². The van der Waals surface area contributed by atoms with E-state index in [9.17, 15) is 4.79 Å². The third-order valence-corrected chi connectivity index (χ3v) is 4.50. The van der Waals surface area contributed by atoms with E-state index in [1.807, 2.05) is 30.3 Å². The van der Waals surface area contributed by atoms with Gasteiger partial charge in [-0.05, 0) is 12.8 Å². The average molecular weight is 353 g/mol. The van der Waals surface area contributed by atoms with E-state index >= 15 is 0 Å². The maximum Gasteiger partial charge on any atom is 0.162 e. The summed E-state index contributed by atoms with van der Waals surface area (Å²) in [6.07, 6.45) is 11.6. The Bertz CT molecular complexity index is 419. The van der Waals surface area contributed by atoms with Gasteiger partial charge >= 0.3 is 0 Å². The van der Waals surface area contributed by atoms with Crippen LogP contribution in [0.25, 0.3) is 0 Å². The van der Waals surface area contributed by atoms with Crippen LogP contribution in [0, 0.1) is 0 Å². The molecular weight excluding hydrogens is 320 g/mol. The second-order valence-electron chi connectivity index (χ2n) is 6.42. The molecule has 136 valence electrons. The number of carbonyl (C=O) groups excluding carboxylic acids is 1. The minimum atomic E-state index is 0.159. The number of hydrogen-bond acceptors (Lipinski definition) is 2. The summed E-state index contributed by atoms with van der Waals surface area (Å²) >= 11 is 5.74. The smallest absolute Gasteiger partial charge is 0.162 e. The number of halogens is 1. The predicted molar refractivity (Wildman–Crippen MR) is 103 cm³/mol. The van der Waals surface area contributed by atoms with Crippen LogP contribution in [-0.2, 0) is 4.74 Å². The first kappa shape index (κ1) is 21.2. The Balaban J connectivity index is 2.24. The molecule has 0 saturated carbocycles. The lowest BCUT2D eigenvalue weighted by Gasteiger charge is -2.17. The Morgan fingerprint density at radius 3 is 2.33 bits per heavy atom. The number of unbranched alkanes of at least 4 members (excludes halogenated alkanes) is 6. The van der Waals surface area contributed by atoms with Crippen LogP contribution in [0.1, 0.15) is 81.5 Å². The lowest BCUT2D eigenvalue weighted by Crippen LogP contribution is -2.16. The molecule has 0 aromatic heterocycles. The lowest BCUT2D eigenvalue weighted by molar-refractivity contribution is 0.0473. The summed E-state index contributed by atoms with van der Waals surface area (Å²) in [7, 11) is 0. The molecule has 3 heteroatoms. The number of Topliss-reactive ketones (excluding diaryl/α,β-unsaturated/α-hetero) is 1. The van der Waals surface area contributed by atoms with Gasteiger partial charge in [-0.25, -0.2) is 0 Å². The highest BCUT2D eigenvalue weighted by Crippen LogP contribution is 2.16. The molecule has 0 radical (unpaired) electrons. The Morgan fingerprint density at radius 2 is 1.67 bits per heavy atom. The van der Waals surface area contributed by atoms with E-state index in [2.05, 4.69) is 6.92 Å². The van der Waals surface area contributed by atoms with Gasteiger partial charge < -0.3 is 4.74 Å². The SMILES string of the molecule is CCCCCCCCCC(CCC(=O)c1ccccc1)OCCCl. The lowest BCUT2D eigenvalue weighted by atomic mass is 10.0. The van der Waals surface area contributed by atoms with Crippen molar-refractivity contribution < 1.29 is 9.53 Å². The highest BCUT2D eigenvalue weighted by atomic mass is 35.5. The van der Waals surface area contributed by atoms with Gasteiger partial charge in [0.25, 0.3) is 0 Å². The second-order valence-corrected chi connectivity index (χ2v) is 6.80. The van der Waals surface area contributed by atoms with Crippen LogP contribution in [0.15, 0.2) is 30.3 Å². The van der Waals surface area contributed by atoms with Crippen molar-refractivity contribution in [3.8, 4) is 0 Å². The standard InChI is InChI=1S/C21H33ClO2/c1-2-3-4-5-6-7-11-14-20(24-18-17-22)15-16-21(23)19-12-9-8-10-13-19/h8-10,12-13,20H,2-7,11,14-18H2,1H3. The van der Waals surface area contributed by atoms with Crippen molar-refractivity contribution in [3.63, 3.8) is 0 Å².